The van der Waals surface area contributed by atoms with Gasteiger partial charge < -0.3 is 29.4 Å². The highest BCUT2D eigenvalue weighted by Gasteiger charge is 2.54. The Balaban J connectivity index is 1.58. The lowest BCUT2D eigenvalue weighted by Gasteiger charge is -2.32. The molecule has 0 saturated carbocycles. The normalized spacial score (nSPS) is 16.5. The molecule has 5 rings (SSSR count). The third-order valence-electron chi connectivity index (χ3n) is 8.32. The Morgan fingerprint density at radius 1 is 1.00 bits per heavy atom. The second-order valence-electron chi connectivity index (χ2n) is 11.5. The van der Waals surface area contributed by atoms with Crippen LogP contribution in [0.15, 0.2) is 95.0 Å². The van der Waals surface area contributed by atoms with Crippen molar-refractivity contribution in [3.8, 4) is 17.2 Å². The molecule has 0 radical (unpaired) electrons. The highest BCUT2D eigenvalue weighted by molar-refractivity contribution is 6.35. The number of nitrogens with zero attached hydrogens (tertiary/aromatic N) is 4. The largest absolute Gasteiger partial charge is 0.497 e. The van der Waals surface area contributed by atoms with Crippen molar-refractivity contribution in [3.05, 3.63) is 133 Å². The molecule has 13 heteroatoms. The summed E-state index contributed by atoms with van der Waals surface area (Å²) in [5.41, 5.74) is 11.0. The first-order valence-corrected chi connectivity index (χ1v) is 16.7. The summed E-state index contributed by atoms with van der Waals surface area (Å²) in [5, 5.41) is 16.7. The number of aliphatic hydroxyl groups is 1. The first kappa shape index (κ1) is 36.4. The van der Waals surface area contributed by atoms with Gasteiger partial charge in [0.2, 0.25) is 5.90 Å². The summed E-state index contributed by atoms with van der Waals surface area (Å²) in [6.07, 6.45) is 0.0666. The number of aliphatic imine (C=N–C) groups is 1. The Labute approximate surface area is 300 Å². The van der Waals surface area contributed by atoms with E-state index in [4.69, 9.17) is 57.8 Å². The van der Waals surface area contributed by atoms with E-state index in [1.807, 2.05) is 42.5 Å². The van der Waals surface area contributed by atoms with Gasteiger partial charge in [0.1, 0.15) is 17.2 Å². The molecular formula is C37H37Cl2N5O6. The smallest absolute Gasteiger partial charge is 0.252 e. The van der Waals surface area contributed by atoms with E-state index in [0.717, 1.165) is 16.7 Å². The third-order valence-corrected chi connectivity index (χ3v) is 8.89. The molecule has 0 spiro atoms. The SMILES string of the molecule is COc1ccc(OC)c(CCNC(=O)[C@]2(Cc3ccccc3CN=[N+]=[N-])N=C(c3ccc(OCCCO)cc3)O[C@@H]2c2ccc(Cl)cc2Cl)c1. The number of halogens is 2. The number of hydrogen-bond acceptors (Lipinski definition) is 8. The molecule has 4 aromatic carbocycles. The number of aliphatic hydroxyl groups excluding tert-OH is 1. The van der Waals surface area contributed by atoms with Crippen LogP contribution >= 0.6 is 23.2 Å². The van der Waals surface area contributed by atoms with Gasteiger partial charge in [0.25, 0.3) is 5.91 Å². The lowest BCUT2D eigenvalue weighted by molar-refractivity contribution is -0.128. The van der Waals surface area contributed by atoms with Crippen molar-refractivity contribution in [2.45, 2.75) is 37.5 Å². The Morgan fingerprint density at radius 2 is 1.76 bits per heavy atom. The van der Waals surface area contributed by atoms with E-state index < -0.39 is 17.6 Å². The van der Waals surface area contributed by atoms with Crippen LogP contribution in [0.3, 0.4) is 0 Å². The van der Waals surface area contributed by atoms with Crippen LogP contribution < -0.4 is 19.5 Å². The van der Waals surface area contributed by atoms with Gasteiger partial charge in [-0.15, -0.1) is 0 Å². The highest BCUT2D eigenvalue weighted by Crippen LogP contribution is 2.45. The van der Waals surface area contributed by atoms with Crippen LogP contribution in [0.25, 0.3) is 10.4 Å². The van der Waals surface area contributed by atoms with E-state index in [1.54, 1.807) is 56.7 Å². The number of ether oxygens (including phenoxy) is 4. The Kier molecular flexibility index (Phi) is 12.5. The molecule has 1 amide bonds. The van der Waals surface area contributed by atoms with Crippen LogP contribution in [0.1, 0.15) is 40.3 Å². The van der Waals surface area contributed by atoms with E-state index in [9.17, 15) is 4.79 Å². The van der Waals surface area contributed by atoms with Crippen LogP contribution in [0, 0.1) is 0 Å². The molecule has 4 aromatic rings. The fourth-order valence-electron chi connectivity index (χ4n) is 5.80. The minimum Gasteiger partial charge on any atom is -0.497 e. The van der Waals surface area contributed by atoms with E-state index in [2.05, 4.69) is 15.3 Å². The summed E-state index contributed by atoms with van der Waals surface area (Å²) in [5.74, 6) is 1.79. The zero-order valence-electron chi connectivity index (χ0n) is 27.6. The highest BCUT2D eigenvalue weighted by atomic mass is 35.5. The van der Waals surface area contributed by atoms with Crippen LogP contribution in [-0.2, 0) is 28.9 Å². The number of carbonyl (C=O) groups is 1. The Morgan fingerprint density at radius 3 is 2.46 bits per heavy atom. The molecule has 50 heavy (non-hydrogen) atoms. The number of azide groups is 1. The molecule has 1 aliphatic heterocycles. The summed E-state index contributed by atoms with van der Waals surface area (Å²) >= 11 is 13.1. The van der Waals surface area contributed by atoms with Gasteiger partial charge in [-0.05, 0) is 83.2 Å². The first-order chi connectivity index (χ1) is 24.3. The summed E-state index contributed by atoms with van der Waals surface area (Å²) in [7, 11) is 3.18. The minimum atomic E-state index is -1.56. The number of carbonyl (C=O) groups excluding carboxylic acids is 1. The average molecular weight is 719 g/mol. The van der Waals surface area contributed by atoms with Gasteiger partial charge in [-0.1, -0.05) is 58.6 Å². The van der Waals surface area contributed by atoms with Crippen molar-refractivity contribution in [2.75, 3.05) is 34.0 Å². The van der Waals surface area contributed by atoms with Crippen LogP contribution in [0.2, 0.25) is 10.0 Å². The van der Waals surface area contributed by atoms with Gasteiger partial charge in [-0.3, -0.25) is 4.79 Å². The van der Waals surface area contributed by atoms with Gasteiger partial charge in [-0.25, -0.2) is 4.99 Å². The van der Waals surface area contributed by atoms with Crippen LogP contribution in [-0.4, -0.2) is 56.4 Å². The summed E-state index contributed by atoms with van der Waals surface area (Å²) in [6.45, 7) is 0.725. The maximum atomic E-state index is 14.8. The van der Waals surface area contributed by atoms with E-state index >= 15 is 0 Å². The molecule has 0 saturated heterocycles. The van der Waals surface area contributed by atoms with Crippen LogP contribution in [0.5, 0.6) is 17.2 Å². The first-order valence-electron chi connectivity index (χ1n) is 15.9. The topological polar surface area (TPSA) is 147 Å². The standard InChI is InChI=1S/C37H37Cl2N5O6/c1-47-30-13-15-33(48-2)25(20-30)16-17-41-36(46)37(22-26-6-3-4-7-27(26)23-42-44-40)34(31-14-10-28(38)21-32(31)39)50-35(43-37)24-8-11-29(12-9-24)49-19-5-18-45/h3-4,6-15,20-21,34,45H,5,16-19,22-23H2,1-2H3,(H,41,46)/t34-,37-/m1/s1. The molecule has 0 bridgehead atoms. The Hall–Kier alpha value is -4.93. The molecule has 1 aliphatic rings. The van der Waals surface area contributed by atoms with Crippen molar-refractivity contribution in [2.24, 2.45) is 10.1 Å². The van der Waals surface area contributed by atoms with Gasteiger partial charge >= 0.3 is 0 Å². The van der Waals surface area contributed by atoms with Crippen molar-refractivity contribution in [3.63, 3.8) is 0 Å². The minimum absolute atomic E-state index is 0.0284. The predicted octanol–water partition coefficient (Wildman–Crippen LogP) is 7.44. The quantitative estimate of drug-likeness (QED) is 0.0533. The number of hydrogen-bond donors (Lipinski definition) is 2. The molecular weight excluding hydrogens is 681 g/mol. The van der Waals surface area contributed by atoms with Crippen molar-refractivity contribution in [1.29, 1.82) is 0 Å². The number of rotatable bonds is 16. The van der Waals surface area contributed by atoms with Gasteiger partial charge in [0, 0.05) is 52.1 Å². The molecule has 0 unspecified atom stereocenters. The third kappa shape index (κ3) is 8.43. The maximum absolute atomic E-state index is 14.8. The van der Waals surface area contributed by atoms with E-state index in [0.29, 0.717) is 57.9 Å². The maximum Gasteiger partial charge on any atom is 0.252 e. The number of amides is 1. The van der Waals surface area contributed by atoms with Crippen molar-refractivity contribution >= 4 is 35.0 Å². The lowest BCUT2D eigenvalue weighted by atomic mass is 9.80. The van der Waals surface area contributed by atoms with Crippen molar-refractivity contribution in [1.82, 2.24) is 5.32 Å². The van der Waals surface area contributed by atoms with Crippen LogP contribution in [0.4, 0.5) is 0 Å². The van der Waals surface area contributed by atoms with Crippen molar-refractivity contribution < 1.29 is 28.8 Å². The monoisotopic (exact) mass is 717 g/mol. The number of methoxy groups -OCH3 is 2. The fraction of sp³-hybridized carbons (Fsp3) is 0.297. The zero-order chi connectivity index (χ0) is 35.5. The Bertz CT molecular complexity index is 1880. The fourth-order valence-corrected chi connectivity index (χ4v) is 6.30. The summed E-state index contributed by atoms with van der Waals surface area (Å²) < 4.78 is 23.3. The predicted molar refractivity (Wildman–Crippen MR) is 192 cm³/mol. The van der Waals surface area contributed by atoms with E-state index in [1.165, 1.54) is 0 Å². The number of nitrogens with one attached hydrogen (secondary N) is 1. The number of benzene rings is 4. The van der Waals surface area contributed by atoms with Gasteiger partial charge in [-0.2, -0.15) is 0 Å². The molecule has 2 N–H and O–H groups in total. The second-order valence-corrected chi connectivity index (χ2v) is 12.3. The van der Waals surface area contributed by atoms with E-state index in [-0.39, 0.29) is 32.0 Å². The summed E-state index contributed by atoms with van der Waals surface area (Å²) in [6, 6.07) is 25.1. The van der Waals surface area contributed by atoms with Gasteiger partial charge in [0.15, 0.2) is 11.6 Å². The molecule has 1 heterocycles. The summed E-state index contributed by atoms with van der Waals surface area (Å²) in [4.78, 5) is 22.8. The average Bonchev–Trinajstić information content (AvgIpc) is 3.51. The molecule has 260 valence electrons. The molecule has 0 aromatic heterocycles. The zero-order valence-corrected chi connectivity index (χ0v) is 29.2. The second kappa shape index (κ2) is 17.1. The molecule has 11 nitrogen and oxygen atoms in total. The molecule has 0 aliphatic carbocycles. The van der Waals surface area contributed by atoms with Gasteiger partial charge in [0.05, 0.1) is 27.4 Å². The lowest BCUT2D eigenvalue weighted by Crippen LogP contribution is -2.50. The molecule has 0 fully saturated rings. The molecule has 2 atom stereocenters.